The molecule has 7 aromatic carbocycles. The van der Waals surface area contributed by atoms with Gasteiger partial charge in [-0.2, -0.15) is 0 Å². The average molecular weight is 729 g/mol. The lowest BCUT2D eigenvalue weighted by Gasteiger charge is -2.15. The maximum absolute atomic E-state index is 6.47. The molecule has 0 atom stereocenters. The van der Waals surface area contributed by atoms with Crippen molar-refractivity contribution < 1.29 is 28.4 Å². The Hall–Kier alpha value is -6.66. The second-order valence-electron chi connectivity index (χ2n) is 13.3. The summed E-state index contributed by atoms with van der Waals surface area (Å²) in [6.07, 6.45) is 0. The second kappa shape index (κ2) is 17.0. The minimum atomic E-state index is 0.380. The molecule has 0 aliphatic carbocycles. The number of hydrogen-bond acceptors (Lipinski definition) is 6. The van der Waals surface area contributed by atoms with E-state index >= 15 is 0 Å². The maximum Gasteiger partial charge on any atom is 0.123 e. The Morgan fingerprint density at radius 3 is 0.818 bits per heavy atom. The molecule has 0 heterocycles. The van der Waals surface area contributed by atoms with Crippen LogP contribution in [0.5, 0.6) is 34.5 Å². The smallest absolute Gasteiger partial charge is 0.123 e. The largest absolute Gasteiger partial charge is 0.497 e. The summed E-state index contributed by atoms with van der Waals surface area (Å²) < 4.78 is 34.6. The van der Waals surface area contributed by atoms with Gasteiger partial charge in [-0.1, -0.05) is 48.5 Å². The van der Waals surface area contributed by atoms with Crippen molar-refractivity contribution in [3.63, 3.8) is 0 Å². The van der Waals surface area contributed by atoms with Crippen molar-refractivity contribution in [2.24, 2.45) is 0 Å². The lowest BCUT2D eigenvalue weighted by molar-refractivity contribution is 0.289. The van der Waals surface area contributed by atoms with E-state index in [4.69, 9.17) is 28.4 Å². The third-order valence-corrected chi connectivity index (χ3v) is 9.51. The molecule has 7 aromatic rings. The van der Waals surface area contributed by atoms with Crippen molar-refractivity contribution in [2.75, 3.05) is 28.4 Å². The van der Waals surface area contributed by atoms with Crippen molar-refractivity contribution in [2.45, 2.75) is 20.1 Å². The molecule has 0 aromatic heterocycles. The normalized spacial score (nSPS) is 10.8. The molecule has 55 heavy (non-hydrogen) atoms. The Morgan fingerprint density at radius 2 is 0.564 bits per heavy atom. The maximum atomic E-state index is 6.47. The van der Waals surface area contributed by atoms with Gasteiger partial charge in [-0.3, -0.25) is 0 Å². The SMILES string of the molecule is COc1ccc(-c2cc(COc3cc(C)cc(OCc4cc(-c5ccc(OC)cc5)cc(-c5ccc(OC)cc5)c4)c3)cc(-c3ccc(OC)cc3)c2)cc1. The van der Waals surface area contributed by atoms with Crippen LogP contribution in [0.3, 0.4) is 0 Å². The second-order valence-corrected chi connectivity index (χ2v) is 13.3. The van der Waals surface area contributed by atoms with Crippen LogP contribution in [0.25, 0.3) is 44.5 Å². The molecule has 6 nitrogen and oxygen atoms in total. The van der Waals surface area contributed by atoms with E-state index in [1.165, 1.54) is 0 Å². The number of rotatable bonds is 14. The zero-order valence-corrected chi connectivity index (χ0v) is 31.8. The third kappa shape index (κ3) is 9.11. The fourth-order valence-electron chi connectivity index (χ4n) is 6.57. The average Bonchev–Trinajstić information content (AvgIpc) is 3.24. The molecule has 0 aliphatic rings. The van der Waals surface area contributed by atoms with E-state index in [9.17, 15) is 0 Å². The Bertz CT molecular complexity index is 2050. The number of aryl methyl sites for hydroxylation is 1. The van der Waals surface area contributed by atoms with Gasteiger partial charge in [0.25, 0.3) is 0 Å². The highest BCUT2D eigenvalue weighted by atomic mass is 16.5. The van der Waals surface area contributed by atoms with E-state index in [0.29, 0.717) is 13.2 Å². The summed E-state index contributed by atoms with van der Waals surface area (Å²) in [5.74, 6) is 4.75. The highest BCUT2D eigenvalue weighted by Crippen LogP contribution is 2.34. The fourth-order valence-corrected chi connectivity index (χ4v) is 6.57. The minimum Gasteiger partial charge on any atom is -0.497 e. The molecule has 0 N–H and O–H groups in total. The molecule has 7 rings (SSSR count). The van der Waals surface area contributed by atoms with Gasteiger partial charge in [0.1, 0.15) is 47.7 Å². The lowest BCUT2D eigenvalue weighted by atomic mass is 9.96. The van der Waals surface area contributed by atoms with Crippen molar-refractivity contribution in [1.29, 1.82) is 0 Å². The first-order chi connectivity index (χ1) is 26.9. The van der Waals surface area contributed by atoms with Gasteiger partial charge in [-0.05, 0) is 165 Å². The van der Waals surface area contributed by atoms with Gasteiger partial charge in [-0.25, -0.2) is 0 Å². The molecule has 0 spiro atoms. The minimum absolute atomic E-state index is 0.380. The Balaban J connectivity index is 1.13. The van der Waals surface area contributed by atoms with E-state index in [-0.39, 0.29) is 0 Å². The number of ether oxygens (including phenoxy) is 6. The molecule has 0 bridgehead atoms. The van der Waals surface area contributed by atoms with E-state index in [1.54, 1.807) is 28.4 Å². The summed E-state index contributed by atoms with van der Waals surface area (Å²) in [5.41, 5.74) is 11.9. The van der Waals surface area contributed by atoms with Crippen molar-refractivity contribution >= 4 is 0 Å². The highest BCUT2D eigenvalue weighted by molar-refractivity contribution is 5.76. The molecular weight excluding hydrogens is 685 g/mol. The van der Waals surface area contributed by atoms with Gasteiger partial charge in [0.15, 0.2) is 0 Å². The summed E-state index contributed by atoms with van der Waals surface area (Å²) >= 11 is 0. The molecule has 276 valence electrons. The third-order valence-electron chi connectivity index (χ3n) is 9.51. The first-order valence-corrected chi connectivity index (χ1v) is 18.1. The number of benzene rings is 7. The first kappa shape index (κ1) is 36.7. The summed E-state index contributed by atoms with van der Waals surface area (Å²) in [4.78, 5) is 0. The molecule has 0 amide bonds. The van der Waals surface area contributed by atoms with Crippen molar-refractivity contribution in [3.05, 3.63) is 168 Å². The standard InChI is InChI=1S/C49H44O6/c1-33-22-48(54-31-34-24-40(36-6-14-44(50-2)15-7-36)28-41(25-34)37-8-16-45(51-3)17-9-37)30-49(23-33)55-32-35-26-42(38-10-18-46(52-4)19-11-38)29-43(27-35)39-12-20-47(53-5)21-13-39/h6-30H,31-32H2,1-5H3. The summed E-state index contributed by atoms with van der Waals surface area (Å²) in [6.45, 7) is 2.81. The van der Waals surface area contributed by atoms with Crippen molar-refractivity contribution in [3.8, 4) is 79.0 Å². The Labute approximate surface area is 323 Å². The zero-order valence-electron chi connectivity index (χ0n) is 31.8. The molecular formula is C49H44O6. The van der Waals surface area contributed by atoms with Gasteiger partial charge in [0.05, 0.1) is 28.4 Å². The van der Waals surface area contributed by atoms with Crippen LogP contribution in [0.15, 0.2) is 152 Å². The van der Waals surface area contributed by atoms with Crippen LogP contribution in [-0.2, 0) is 13.2 Å². The quantitative estimate of drug-likeness (QED) is 0.111. The van der Waals surface area contributed by atoms with Crippen LogP contribution in [0, 0.1) is 6.92 Å². The summed E-state index contributed by atoms with van der Waals surface area (Å²) in [7, 11) is 6.71. The van der Waals surface area contributed by atoms with Crippen molar-refractivity contribution in [1.82, 2.24) is 0 Å². The van der Waals surface area contributed by atoms with Gasteiger partial charge in [-0.15, -0.1) is 0 Å². The van der Waals surface area contributed by atoms with E-state index in [2.05, 4.69) is 91.9 Å². The molecule has 0 aliphatic heterocycles. The topological polar surface area (TPSA) is 55.4 Å². The van der Waals surface area contributed by atoms with E-state index in [1.807, 2.05) is 66.7 Å². The summed E-state index contributed by atoms with van der Waals surface area (Å²) in [5, 5.41) is 0. The number of methoxy groups -OCH3 is 4. The fraction of sp³-hybridized carbons (Fsp3) is 0.143. The number of hydrogen-bond donors (Lipinski definition) is 0. The molecule has 0 saturated heterocycles. The van der Waals surface area contributed by atoms with Gasteiger partial charge in [0, 0.05) is 6.07 Å². The van der Waals surface area contributed by atoms with E-state index in [0.717, 1.165) is 95.7 Å². The van der Waals surface area contributed by atoms with Crippen LogP contribution in [0.1, 0.15) is 16.7 Å². The van der Waals surface area contributed by atoms with Crippen LogP contribution in [0.2, 0.25) is 0 Å². The predicted octanol–water partition coefficient (Wildman–Crippen LogP) is 11.9. The van der Waals surface area contributed by atoms with Gasteiger partial charge in [0.2, 0.25) is 0 Å². The Kier molecular flexibility index (Phi) is 11.3. The molecule has 6 heteroatoms. The predicted molar refractivity (Wildman–Crippen MR) is 221 cm³/mol. The van der Waals surface area contributed by atoms with Crippen LogP contribution >= 0.6 is 0 Å². The van der Waals surface area contributed by atoms with Crippen LogP contribution in [-0.4, -0.2) is 28.4 Å². The first-order valence-electron chi connectivity index (χ1n) is 18.1. The van der Waals surface area contributed by atoms with Gasteiger partial charge < -0.3 is 28.4 Å². The lowest BCUT2D eigenvalue weighted by Crippen LogP contribution is -2.00. The zero-order chi connectivity index (χ0) is 38.1. The highest BCUT2D eigenvalue weighted by Gasteiger charge is 2.11. The Morgan fingerprint density at radius 1 is 0.291 bits per heavy atom. The molecule has 0 radical (unpaired) electrons. The van der Waals surface area contributed by atoms with E-state index < -0.39 is 0 Å². The summed E-state index contributed by atoms with van der Waals surface area (Å²) in [6, 6.07) is 51.6. The van der Waals surface area contributed by atoms with Crippen LogP contribution < -0.4 is 28.4 Å². The molecule has 0 saturated carbocycles. The molecule has 0 unspecified atom stereocenters. The van der Waals surface area contributed by atoms with Gasteiger partial charge >= 0.3 is 0 Å². The van der Waals surface area contributed by atoms with Crippen LogP contribution in [0.4, 0.5) is 0 Å². The molecule has 0 fully saturated rings. The monoisotopic (exact) mass is 728 g/mol.